The van der Waals surface area contributed by atoms with Crippen LogP contribution in [0.1, 0.15) is 58.1 Å². The van der Waals surface area contributed by atoms with E-state index in [-0.39, 0.29) is 23.8 Å². The Hall–Kier alpha value is -5.53. The molecule has 0 aliphatic carbocycles. The van der Waals surface area contributed by atoms with Crippen molar-refractivity contribution in [2.75, 3.05) is 48.9 Å². The molecule has 4 heterocycles. The molecule has 3 aliphatic heterocycles. The van der Waals surface area contributed by atoms with Crippen molar-refractivity contribution in [3.63, 3.8) is 0 Å². The van der Waals surface area contributed by atoms with Crippen molar-refractivity contribution in [1.82, 2.24) is 25.3 Å². The monoisotopic (exact) mass is 690 g/mol. The lowest BCUT2D eigenvalue weighted by Crippen LogP contribution is -2.49. The van der Waals surface area contributed by atoms with E-state index in [4.69, 9.17) is 4.74 Å². The van der Waals surface area contributed by atoms with Crippen LogP contribution in [0.5, 0.6) is 0 Å². The summed E-state index contributed by atoms with van der Waals surface area (Å²) in [7, 11) is 3.66. The first-order chi connectivity index (χ1) is 24.8. The number of aromatic nitrogens is 2. The van der Waals surface area contributed by atoms with E-state index in [0.29, 0.717) is 43.5 Å². The highest BCUT2D eigenvalue weighted by Gasteiger charge is 2.33. The normalized spacial score (nSPS) is 17.0. The molecule has 3 aliphatic rings. The van der Waals surface area contributed by atoms with Gasteiger partial charge in [0.15, 0.2) is 11.9 Å². The molecule has 0 radical (unpaired) electrons. The Bertz CT molecular complexity index is 1900. The molecular formula is C38H42N8O5. The Morgan fingerprint density at radius 3 is 2.45 bits per heavy atom. The van der Waals surface area contributed by atoms with Gasteiger partial charge in [-0.1, -0.05) is 42.5 Å². The van der Waals surface area contributed by atoms with Crippen LogP contribution < -0.4 is 20.4 Å². The number of carbonyl (C=O) groups is 4. The standard InChI is InChI=1S/C38H42N8O5/c1-43(22-25-7-6-10-30(21-25)46-20-17-33(47)39-38(46)50)28-15-18-44(19-16-28)29-13-11-27(12-14-29)36(48)40-35-31-23-45(24-32(31)41-42-35)37(49)34(51-2)26-8-4-3-5-9-26/h3-14,21,28,34H,15-20,22-24H2,1-2H3,(H,39,47,50)(H2,40,41,42,48)/t34-/m1/s1. The number of anilines is 3. The maximum atomic E-state index is 13.3. The van der Waals surface area contributed by atoms with Crippen molar-refractivity contribution in [3.8, 4) is 0 Å². The predicted octanol–water partition coefficient (Wildman–Crippen LogP) is 4.44. The highest BCUT2D eigenvalue weighted by atomic mass is 16.5. The first kappa shape index (κ1) is 33.9. The molecule has 3 N–H and O–H groups in total. The van der Waals surface area contributed by atoms with Gasteiger partial charge in [-0.15, -0.1) is 0 Å². The van der Waals surface area contributed by atoms with Gasteiger partial charge in [-0.2, -0.15) is 5.10 Å². The molecule has 1 aromatic heterocycles. The van der Waals surface area contributed by atoms with Crippen molar-refractivity contribution in [3.05, 3.63) is 107 Å². The summed E-state index contributed by atoms with van der Waals surface area (Å²) in [6.45, 7) is 3.61. The van der Waals surface area contributed by atoms with Crippen LogP contribution in [0.15, 0.2) is 78.9 Å². The number of rotatable bonds is 10. The van der Waals surface area contributed by atoms with E-state index in [9.17, 15) is 19.2 Å². The first-order valence-electron chi connectivity index (χ1n) is 17.3. The largest absolute Gasteiger partial charge is 0.371 e. The van der Waals surface area contributed by atoms with Gasteiger partial charge in [0.25, 0.3) is 11.8 Å². The number of carbonyl (C=O) groups excluding carboxylic acids is 4. The molecule has 51 heavy (non-hydrogen) atoms. The number of hydrogen-bond donors (Lipinski definition) is 3. The lowest BCUT2D eigenvalue weighted by molar-refractivity contribution is -0.143. The third-order valence-corrected chi connectivity index (χ3v) is 10.0. The molecule has 13 nitrogen and oxygen atoms in total. The Morgan fingerprint density at radius 2 is 1.73 bits per heavy atom. The zero-order valence-corrected chi connectivity index (χ0v) is 28.8. The lowest BCUT2D eigenvalue weighted by atomic mass is 10.0. The van der Waals surface area contributed by atoms with Crippen LogP contribution in [0.2, 0.25) is 0 Å². The molecule has 7 rings (SSSR count). The van der Waals surface area contributed by atoms with Gasteiger partial charge in [0, 0.05) is 68.3 Å². The van der Waals surface area contributed by atoms with E-state index < -0.39 is 6.10 Å². The predicted molar refractivity (Wildman–Crippen MR) is 192 cm³/mol. The number of aromatic amines is 1. The van der Waals surface area contributed by atoms with Crippen molar-refractivity contribution in [2.24, 2.45) is 0 Å². The zero-order chi connectivity index (χ0) is 35.5. The number of hydrogen-bond acceptors (Lipinski definition) is 8. The number of ether oxygens (including phenoxy) is 1. The summed E-state index contributed by atoms with van der Waals surface area (Å²) in [5, 5.41) is 12.6. The fourth-order valence-corrected chi connectivity index (χ4v) is 7.19. The summed E-state index contributed by atoms with van der Waals surface area (Å²) in [6, 6.07) is 25.0. The van der Waals surface area contributed by atoms with E-state index in [2.05, 4.69) is 43.7 Å². The summed E-state index contributed by atoms with van der Waals surface area (Å²) >= 11 is 0. The number of fused-ring (bicyclic) bond motifs is 1. The summed E-state index contributed by atoms with van der Waals surface area (Å²) < 4.78 is 5.54. The second-order valence-electron chi connectivity index (χ2n) is 13.3. The molecule has 4 aromatic rings. The van der Waals surface area contributed by atoms with E-state index in [1.54, 1.807) is 9.80 Å². The minimum absolute atomic E-state index is 0.146. The Labute approximate surface area is 296 Å². The molecule has 13 heteroatoms. The van der Waals surface area contributed by atoms with Crippen LogP contribution >= 0.6 is 0 Å². The molecule has 5 amide bonds. The molecular weight excluding hydrogens is 648 g/mol. The van der Waals surface area contributed by atoms with Gasteiger partial charge in [0.1, 0.15) is 0 Å². The SMILES string of the molecule is CO[C@@H](C(=O)N1Cc2[nH]nc(NC(=O)c3ccc(N4CCC(N(C)Cc5cccc(N6CCC(=O)NC6=O)c5)CC4)cc3)c2C1)c1ccccc1. The molecule has 264 valence electrons. The third-order valence-electron chi connectivity index (χ3n) is 10.0. The Balaban J connectivity index is 0.902. The van der Waals surface area contributed by atoms with Crippen molar-refractivity contribution < 1.29 is 23.9 Å². The number of H-pyrrole nitrogens is 1. The zero-order valence-electron chi connectivity index (χ0n) is 28.8. The number of nitrogens with zero attached hydrogens (tertiary/aromatic N) is 5. The second kappa shape index (κ2) is 14.8. The molecule has 1 atom stereocenters. The maximum Gasteiger partial charge on any atom is 0.328 e. The van der Waals surface area contributed by atoms with Crippen molar-refractivity contribution in [1.29, 1.82) is 0 Å². The lowest BCUT2D eigenvalue weighted by Gasteiger charge is -2.38. The van der Waals surface area contributed by atoms with Crippen molar-refractivity contribution in [2.45, 2.75) is 51.0 Å². The molecule has 2 saturated heterocycles. The topological polar surface area (TPSA) is 143 Å². The number of imide groups is 1. The number of urea groups is 1. The highest BCUT2D eigenvalue weighted by Crippen LogP contribution is 2.31. The molecule has 0 bridgehead atoms. The van der Waals surface area contributed by atoms with Crippen LogP contribution in [0.3, 0.4) is 0 Å². The summed E-state index contributed by atoms with van der Waals surface area (Å²) in [5.41, 5.74) is 5.88. The van der Waals surface area contributed by atoms with Gasteiger partial charge in [-0.05, 0) is 67.4 Å². The molecule has 0 unspecified atom stereocenters. The minimum Gasteiger partial charge on any atom is -0.371 e. The molecule has 3 aromatic carbocycles. The average Bonchev–Trinajstić information content (AvgIpc) is 3.74. The average molecular weight is 691 g/mol. The minimum atomic E-state index is -0.707. The van der Waals surface area contributed by atoms with Gasteiger partial charge < -0.3 is 19.9 Å². The number of amides is 5. The first-order valence-corrected chi connectivity index (χ1v) is 17.3. The van der Waals surface area contributed by atoms with Crippen LogP contribution in [0, 0.1) is 0 Å². The van der Waals surface area contributed by atoms with Gasteiger partial charge in [0.2, 0.25) is 5.91 Å². The van der Waals surface area contributed by atoms with E-state index in [1.165, 1.54) is 7.11 Å². The quantitative estimate of drug-likeness (QED) is 0.222. The van der Waals surface area contributed by atoms with Crippen LogP contribution in [0.4, 0.5) is 22.0 Å². The molecule has 0 spiro atoms. The molecule has 2 fully saturated rings. The van der Waals surface area contributed by atoms with Crippen LogP contribution in [-0.2, 0) is 34.0 Å². The fourth-order valence-electron chi connectivity index (χ4n) is 7.19. The Morgan fingerprint density at radius 1 is 0.961 bits per heavy atom. The van der Waals surface area contributed by atoms with E-state index >= 15 is 0 Å². The summed E-state index contributed by atoms with van der Waals surface area (Å²) in [4.78, 5) is 58.5. The van der Waals surface area contributed by atoms with Crippen molar-refractivity contribution >= 4 is 40.9 Å². The Kier molecular flexibility index (Phi) is 9.82. The van der Waals surface area contributed by atoms with Crippen LogP contribution in [0.25, 0.3) is 0 Å². The van der Waals surface area contributed by atoms with Gasteiger partial charge >= 0.3 is 6.03 Å². The smallest absolute Gasteiger partial charge is 0.328 e. The number of benzene rings is 3. The van der Waals surface area contributed by atoms with Gasteiger partial charge in [-0.3, -0.25) is 34.6 Å². The number of piperidine rings is 1. The van der Waals surface area contributed by atoms with Gasteiger partial charge in [0.05, 0.1) is 18.8 Å². The maximum absolute atomic E-state index is 13.3. The van der Waals surface area contributed by atoms with Gasteiger partial charge in [-0.25, -0.2) is 4.79 Å². The van der Waals surface area contributed by atoms with Crippen LogP contribution in [-0.4, -0.2) is 83.6 Å². The third kappa shape index (κ3) is 7.35. The van der Waals surface area contributed by atoms with E-state index in [1.807, 2.05) is 72.8 Å². The summed E-state index contributed by atoms with van der Waals surface area (Å²) in [5.74, 6) is -0.225. The van der Waals surface area contributed by atoms with E-state index in [0.717, 1.165) is 66.2 Å². The second-order valence-corrected chi connectivity index (χ2v) is 13.3. The number of nitrogens with one attached hydrogen (secondary N) is 3. The molecule has 0 saturated carbocycles. The fraction of sp³-hybridized carbons (Fsp3) is 0.342. The number of methoxy groups -OCH3 is 1. The summed E-state index contributed by atoms with van der Waals surface area (Å²) in [6.07, 6.45) is 1.58. The highest BCUT2D eigenvalue weighted by molar-refractivity contribution is 6.06.